The molecule has 4 heteroatoms. The number of para-hydroxylation sites is 4. The van der Waals surface area contributed by atoms with E-state index in [0.717, 1.165) is 28.2 Å². The van der Waals surface area contributed by atoms with Crippen molar-refractivity contribution < 1.29 is 0 Å². The molecule has 4 heterocycles. The van der Waals surface area contributed by atoms with Crippen LogP contribution in [0.4, 0.5) is 0 Å². The average molecular weight is 592 g/mol. The molecule has 4 aromatic heterocycles. The van der Waals surface area contributed by atoms with E-state index in [4.69, 9.17) is 4.98 Å². The molecule has 3 nitrogen and oxygen atoms in total. The lowest BCUT2D eigenvalue weighted by molar-refractivity contribution is 1.01. The number of hydrogen-bond donors (Lipinski definition) is 0. The molecule has 0 fully saturated rings. The lowest BCUT2D eigenvalue weighted by Gasteiger charge is -2.14. The van der Waals surface area contributed by atoms with Gasteiger partial charge >= 0.3 is 0 Å². The Morgan fingerprint density at radius 2 is 0.867 bits per heavy atom. The van der Waals surface area contributed by atoms with Gasteiger partial charge in [-0.15, -0.1) is 11.3 Å². The normalized spacial score (nSPS) is 12.0. The van der Waals surface area contributed by atoms with E-state index in [9.17, 15) is 0 Å². The molecule has 0 spiro atoms. The second-order valence-electron chi connectivity index (χ2n) is 11.6. The summed E-state index contributed by atoms with van der Waals surface area (Å²) in [4.78, 5) is 5.42. The summed E-state index contributed by atoms with van der Waals surface area (Å²) < 4.78 is 7.29. The van der Waals surface area contributed by atoms with Gasteiger partial charge in [-0.2, -0.15) is 0 Å². The Kier molecular flexibility index (Phi) is 5.16. The predicted molar refractivity (Wildman–Crippen MR) is 191 cm³/mol. The predicted octanol–water partition coefficient (Wildman–Crippen LogP) is 11.3. The van der Waals surface area contributed by atoms with Crippen LogP contribution in [0.2, 0.25) is 0 Å². The van der Waals surface area contributed by atoms with E-state index < -0.39 is 0 Å². The standard InChI is InChI=1S/C41H25N3S/c1-5-20-34-26(12-1)27-13-2-6-21-35(27)43(34)38-24-11-25-39(42-38)44-36-22-7-3-14-28(36)30-16-9-17-31(40(30)44)33-19-10-18-32-29-15-4-8-23-37(29)45-41(32)33/h1-25H. The van der Waals surface area contributed by atoms with Gasteiger partial charge in [0.15, 0.2) is 0 Å². The SMILES string of the molecule is c1cc(-n2c3ccccc3c3ccccc32)nc(-n2c3ccccc3c3cccc(-c4cccc5c4sc4ccccc45)c32)c1. The summed E-state index contributed by atoms with van der Waals surface area (Å²) in [6, 6.07) is 54.5. The fraction of sp³-hybridized carbons (Fsp3) is 0. The van der Waals surface area contributed by atoms with Crippen LogP contribution >= 0.6 is 11.3 Å². The zero-order chi connectivity index (χ0) is 29.5. The minimum Gasteiger partial charge on any atom is -0.294 e. The Hall–Kier alpha value is -5.71. The largest absolute Gasteiger partial charge is 0.294 e. The first kappa shape index (κ1) is 24.7. The summed E-state index contributed by atoms with van der Waals surface area (Å²) >= 11 is 1.87. The van der Waals surface area contributed by atoms with Gasteiger partial charge in [0.25, 0.3) is 0 Å². The molecule has 0 aliphatic carbocycles. The van der Waals surface area contributed by atoms with Gasteiger partial charge in [0, 0.05) is 52.8 Å². The fourth-order valence-electron chi connectivity index (χ4n) is 7.26. The number of benzene rings is 6. The van der Waals surface area contributed by atoms with Crippen LogP contribution < -0.4 is 0 Å². The second-order valence-corrected chi connectivity index (χ2v) is 12.6. The topological polar surface area (TPSA) is 22.8 Å². The van der Waals surface area contributed by atoms with Crippen molar-refractivity contribution in [1.82, 2.24) is 14.1 Å². The highest BCUT2D eigenvalue weighted by Crippen LogP contribution is 2.44. The van der Waals surface area contributed by atoms with Crippen molar-refractivity contribution >= 4 is 75.1 Å². The second kappa shape index (κ2) is 9.39. The van der Waals surface area contributed by atoms with Gasteiger partial charge in [0.2, 0.25) is 0 Å². The van der Waals surface area contributed by atoms with Crippen LogP contribution in [0.3, 0.4) is 0 Å². The summed E-state index contributed by atoms with van der Waals surface area (Å²) in [5.74, 6) is 1.80. The Morgan fingerprint density at radius 3 is 1.58 bits per heavy atom. The Morgan fingerprint density at radius 1 is 0.378 bits per heavy atom. The first-order valence-corrected chi connectivity index (χ1v) is 16.1. The third-order valence-corrected chi connectivity index (χ3v) is 10.4. The van der Waals surface area contributed by atoms with Crippen LogP contribution in [0.25, 0.3) is 86.5 Å². The van der Waals surface area contributed by atoms with Crippen molar-refractivity contribution in [1.29, 1.82) is 0 Å². The smallest absolute Gasteiger partial charge is 0.140 e. The van der Waals surface area contributed by atoms with Crippen LogP contribution in [0.15, 0.2) is 152 Å². The highest BCUT2D eigenvalue weighted by Gasteiger charge is 2.20. The molecular formula is C41H25N3S. The van der Waals surface area contributed by atoms with Crippen molar-refractivity contribution in [3.63, 3.8) is 0 Å². The summed E-state index contributed by atoms with van der Waals surface area (Å²) in [6.45, 7) is 0. The maximum Gasteiger partial charge on any atom is 0.140 e. The summed E-state index contributed by atoms with van der Waals surface area (Å²) in [7, 11) is 0. The Bertz CT molecular complexity index is 2720. The maximum absolute atomic E-state index is 5.42. The number of hydrogen-bond acceptors (Lipinski definition) is 2. The van der Waals surface area contributed by atoms with Crippen LogP contribution in [0.1, 0.15) is 0 Å². The number of aromatic nitrogens is 3. The van der Waals surface area contributed by atoms with Crippen molar-refractivity contribution in [2.75, 3.05) is 0 Å². The number of thiophene rings is 1. The molecule has 6 aromatic carbocycles. The first-order chi connectivity index (χ1) is 22.3. The van der Waals surface area contributed by atoms with E-state index in [-0.39, 0.29) is 0 Å². The third kappa shape index (κ3) is 3.48. The van der Waals surface area contributed by atoms with Gasteiger partial charge in [0.1, 0.15) is 11.6 Å². The van der Waals surface area contributed by atoms with Gasteiger partial charge in [0.05, 0.1) is 22.1 Å². The van der Waals surface area contributed by atoms with Crippen molar-refractivity contribution in [2.24, 2.45) is 0 Å². The van der Waals surface area contributed by atoms with Crippen LogP contribution in [0.5, 0.6) is 0 Å². The molecule has 0 N–H and O–H groups in total. The van der Waals surface area contributed by atoms with Gasteiger partial charge in [-0.3, -0.25) is 9.13 Å². The monoisotopic (exact) mass is 591 g/mol. The molecular weight excluding hydrogens is 567 g/mol. The average Bonchev–Trinajstić information content (AvgIpc) is 3.76. The molecule has 10 aromatic rings. The number of nitrogens with zero attached hydrogens (tertiary/aromatic N) is 3. The van der Waals surface area contributed by atoms with Gasteiger partial charge in [-0.1, -0.05) is 115 Å². The Balaban J connectivity index is 1.29. The van der Waals surface area contributed by atoms with Crippen LogP contribution in [-0.4, -0.2) is 14.1 Å². The minimum atomic E-state index is 0.900. The lowest BCUT2D eigenvalue weighted by Crippen LogP contribution is -2.03. The van der Waals surface area contributed by atoms with Crippen molar-refractivity contribution in [3.05, 3.63) is 152 Å². The van der Waals surface area contributed by atoms with E-state index in [1.165, 1.54) is 58.4 Å². The molecule has 0 radical (unpaired) electrons. The molecule has 0 aliphatic heterocycles. The molecule has 0 atom stereocenters. The lowest BCUT2D eigenvalue weighted by atomic mass is 10.00. The molecule has 0 unspecified atom stereocenters. The highest BCUT2D eigenvalue weighted by atomic mass is 32.1. The molecule has 0 saturated carbocycles. The molecule has 0 amide bonds. The quantitative estimate of drug-likeness (QED) is 0.200. The van der Waals surface area contributed by atoms with E-state index in [1.54, 1.807) is 0 Å². The third-order valence-electron chi connectivity index (χ3n) is 9.15. The van der Waals surface area contributed by atoms with E-state index >= 15 is 0 Å². The van der Waals surface area contributed by atoms with E-state index in [1.807, 2.05) is 11.3 Å². The first-order valence-electron chi connectivity index (χ1n) is 15.2. The summed E-state index contributed by atoms with van der Waals surface area (Å²) in [5, 5.41) is 7.53. The molecule has 10 rings (SSSR count). The molecule has 0 saturated heterocycles. The van der Waals surface area contributed by atoms with E-state index in [2.05, 4.69) is 161 Å². The van der Waals surface area contributed by atoms with E-state index in [0.29, 0.717) is 0 Å². The highest BCUT2D eigenvalue weighted by molar-refractivity contribution is 7.26. The van der Waals surface area contributed by atoms with Gasteiger partial charge < -0.3 is 0 Å². The van der Waals surface area contributed by atoms with Crippen LogP contribution in [0, 0.1) is 0 Å². The Labute approximate surface area is 262 Å². The molecule has 45 heavy (non-hydrogen) atoms. The number of fused-ring (bicyclic) bond motifs is 9. The summed E-state index contributed by atoms with van der Waals surface area (Å²) in [5.41, 5.74) is 7.10. The van der Waals surface area contributed by atoms with Crippen molar-refractivity contribution in [2.45, 2.75) is 0 Å². The molecule has 0 bridgehead atoms. The zero-order valence-corrected chi connectivity index (χ0v) is 25.0. The van der Waals surface area contributed by atoms with Crippen molar-refractivity contribution in [3.8, 4) is 22.8 Å². The maximum atomic E-state index is 5.42. The molecule has 0 aliphatic rings. The fourth-order valence-corrected chi connectivity index (χ4v) is 8.49. The van der Waals surface area contributed by atoms with Gasteiger partial charge in [-0.05, 0) is 36.4 Å². The molecule has 210 valence electrons. The van der Waals surface area contributed by atoms with Crippen LogP contribution in [-0.2, 0) is 0 Å². The summed E-state index contributed by atoms with van der Waals surface area (Å²) in [6.07, 6.45) is 0. The van der Waals surface area contributed by atoms with Gasteiger partial charge in [-0.25, -0.2) is 4.98 Å². The zero-order valence-electron chi connectivity index (χ0n) is 24.2. The number of pyridine rings is 1. The minimum absolute atomic E-state index is 0.900. The number of rotatable bonds is 3.